The molecule has 0 saturated heterocycles. The van der Waals surface area contributed by atoms with Crippen LogP contribution in [0.5, 0.6) is 0 Å². The first kappa shape index (κ1) is 12.6. The lowest BCUT2D eigenvalue weighted by atomic mass is 9.86. The second-order valence-electron chi connectivity index (χ2n) is 4.94. The van der Waals surface area contributed by atoms with Crippen LogP contribution in [0.15, 0.2) is 10.7 Å². The van der Waals surface area contributed by atoms with Crippen molar-refractivity contribution in [2.75, 3.05) is 17.7 Å². The van der Waals surface area contributed by atoms with Gasteiger partial charge in [-0.15, -0.1) is 0 Å². The Morgan fingerprint density at radius 3 is 2.94 bits per heavy atom. The van der Waals surface area contributed by atoms with E-state index in [4.69, 9.17) is 5.73 Å². The minimum absolute atomic E-state index is 0.332. The van der Waals surface area contributed by atoms with Gasteiger partial charge in [0.2, 0.25) is 5.95 Å². The lowest BCUT2D eigenvalue weighted by Crippen LogP contribution is -2.36. The van der Waals surface area contributed by atoms with Crippen molar-refractivity contribution in [3.63, 3.8) is 0 Å². The number of hydrogen-bond acceptors (Lipinski definition) is 4. The van der Waals surface area contributed by atoms with E-state index in [9.17, 15) is 0 Å². The molecule has 2 unspecified atom stereocenters. The monoisotopic (exact) mass is 298 g/mol. The summed E-state index contributed by atoms with van der Waals surface area (Å²) in [4.78, 5) is 10.5. The minimum Gasteiger partial charge on any atom is -0.368 e. The van der Waals surface area contributed by atoms with E-state index in [-0.39, 0.29) is 0 Å². The summed E-state index contributed by atoms with van der Waals surface area (Å²) >= 11 is 3.49. The van der Waals surface area contributed by atoms with E-state index in [1.165, 1.54) is 25.7 Å². The number of halogens is 1. The van der Waals surface area contributed by atoms with Gasteiger partial charge in [-0.25, -0.2) is 4.98 Å². The molecule has 1 aromatic rings. The lowest BCUT2D eigenvalue weighted by Gasteiger charge is -2.35. The maximum Gasteiger partial charge on any atom is 0.222 e. The van der Waals surface area contributed by atoms with Gasteiger partial charge < -0.3 is 10.6 Å². The average Bonchev–Trinajstić information content (AvgIpc) is 2.31. The third-order valence-corrected chi connectivity index (χ3v) is 4.09. The zero-order valence-electron chi connectivity index (χ0n) is 10.4. The highest BCUT2D eigenvalue weighted by atomic mass is 79.9. The summed E-state index contributed by atoms with van der Waals surface area (Å²) < 4.78 is 0.910. The minimum atomic E-state index is 0.332. The van der Waals surface area contributed by atoms with E-state index >= 15 is 0 Å². The first-order chi connectivity index (χ1) is 8.08. The Kier molecular flexibility index (Phi) is 3.86. The molecule has 1 aromatic heterocycles. The number of nitrogen functional groups attached to an aromatic ring is 1. The molecule has 1 heterocycles. The number of hydrogen-bond donors (Lipinski definition) is 1. The van der Waals surface area contributed by atoms with Gasteiger partial charge in [0.25, 0.3) is 0 Å². The van der Waals surface area contributed by atoms with Crippen LogP contribution in [-0.4, -0.2) is 23.1 Å². The van der Waals surface area contributed by atoms with Crippen LogP contribution in [-0.2, 0) is 0 Å². The molecule has 2 rings (SSSR count). The van der Waals surface area contributed by atoms with Gasteiger partial charge in [0.15, 0.2) is 0 Å². The number of aromatic nitrogens is 2. The van der Waals surface area contributed by atoms with Crippen LogP contribution < -0.4 is 10.6 Å². The molecule has 0 aliphatic heterocycles. The normalized spacial score (nSPS) is 24.6. The summed E-state index contributed by atoms with van der Waals surface area (Å²) in [5, 5.41) is 0. The SMILES string of the molecule is CC1CCCC(N(C)c2nc(N)ncc2Br)C1. The molecule has 1 saturated carbocycles. The molecule has 17 heavy (non-hydrogen) atoms. The Morgan fingerprint density at radius 1 is 1.47 bits per heavy atom. The summed E-state index contributed by atoms with van der Waals surface area (Å²) in [6.45, 7) is 2.32. The van der Waals surface area contributed by atoms with Crippen LogP contribution in [0.1, 0.15) is 32.6 Å². The Morgan fingerprint density at radius 2 is 2.24 bits per heavy atom. The molecule has 1 fully saturated rings. The van der Waals surface area contributed by atoms with Crippen molar-refractivity contribution in [2.24, 2.45) is 5.92 Å². The van der Waals surface area contributed by atoms with Crippen molar-refractivity contribution < 1.29 is 0 Å². The topological polar surface area (TPSA) is 55.0 Å². The maximum atomic E-state index is 5.65. The largest absolute Gasteiger partial charge is 0.368 e. The molecular weight excluding hydrogens is 280 g/mol. The molecule has 4 nitrogen and oxygen atoms in total. The molecule has 1 aliphatic rings. The van der Waals surface area contributed by atoms with Crippen molar-refractivity contribution in [3.8, 4) is 0 Å². The molecule has 94 valence electrons. The fraction of sp³-hybridized carbons (Fsp3) is 0.667. The van der Waals surface area contributed by atoms with Gasteiger partial charge in [0, 0.05) is 19.3 Å². The van der Waals surface area contributed by atoms with Gasteiger partial charge in [-0.05, 0) is 34.7 Å². The fourth-order valence-corrected chi connectivity index (χ4v) is 3.02. The van der Waals surface area contributed by atoms with Crippen molar-refractivity contribution in [3.05, 3.63) is 10.7 Å². The number of anilines is 2. The van der Waals surface area contributed by atoms with E-state index in [2.05, 4.69) is 44.8 Å². The van der Waals surface area contributed by atoms with Crippen LogP contribution >= 0.6 is 15.9 Å². The Labute approximate surface area is 111 Å². The summed E-state index contributed by atoms with van der Waals surface area (Å²) in [5.74, 6) is 2.03. The summed E-state index contributed by atoms with van der Waals surface area (Å²) in [6.07, 6.45) is 6.83. The zero-order valence-corrected chi connectivity index (χ0v) is 11.9. The van der Waals surface area contributed by atoms with Gasteiger partial charge in [0.05, 0.1) is 4.47 Å². The van der Waals surface area contributed by atoms with E-state index in [0.717, 1.165) is 16.2 Å². The molecular formula is C12H19BrN4. The van der Waals surface area contributed by atoms with E-state index in [1.807, 2.05) is 0 Å². The van der Waals surface area contributed by atoms with Crippen LogP contribution in [0.4, 0.5) is 11.8 Å². The molecule has 2 atom stereocenters. The van der Waals surface area contributed by atoms with Crippen molar-refractivity contribution in [1.82, 2.24) is 9.97 Å². The second-order valence-corrected chi connectivity index (χ2v) is 5.79. The summed E-state index contributed by atoms with van der Waals surface area (Å²) in [6, 6.07) is 0.560. The van der Waals surface area contributed by atoms with E-state index in [0.29, 0.717) is 12.0 Å². The maximum absolute atomic E-state index is 5.65. The van der Waals surface area contributed by atoms with E-state index < -0.39 is 0 Å². The molecule has 0 bridgehead atoms. The van der Waals surface area contributed by atoms with Crippen LogP contribution in [0.3, 0.4) is 0 Å². The predicted molar refractivity (Wildman–Crippen MR) is 74.0 cm³/mol. The molecule has 1 aliphatic carbocycles. The number of nitrogens with two attached hydrogens (primary N) is 1. The third kappa shape index (κ3) is 2.89. The Hall–Kier alpha value is -0.840. The van der Waals surface area contributed by atoms with Crippen LogP contribution in [0.2, 0.25) is 0 Å². The van der Waals surface area contributed by atoms with E-state index in [1.54, 1.807) is 6.20 Å². The third-order valence-electron chi connectivity index (χ3n) is 3.53. The van der Waals surface area contributed by atoms with Gasteiger partial charge in [-0.2, -0.15) is 4.98 Å². The summed E-state index contributed by atoms with van der Waals surface area (Å²) in [5.41, 5.74) is 5.65. The first-order valence-corrected chi connectivity index (χ1v) is 6.88. The highest BCUT2D eigenvalue weighted by molar-refractivity contribution is 9.10. The quantitative estimate of drug-likeness (QED) is 0.912. The fourth-order valence-electron chi connectivity index (χ4n) is 2.55. The zero-order chi connectivity index (χ0) is 12.4. The molecule has 2 N–H and O–H groups in total. The molecule has 0 amide bonds. The highest BCUT2D eigenvalue weighted by Gasteiger charge is 2.24. The average molecular weight is 299 g/mol. The standard InChI is InChI=1S/C12H19BrN4/c1-8-4-3-5-9(6-8)17(2)11-10(13)7-15-12(14)16-11/h7-9H,3-6H2,1-2H3,(H2,14,15,16). The molecule has 0 spiro atoms. The van der Waals surface area contributed by atoms with Crippen LogP contribution in [0, 0.1) is 5.92 Å². The Bertz CT molecular complexity index is 396. The number of rotatable bonds is 2. The molecule has 5 heteroatoms. The van der Waals surface area contributed by atoms with Crippen molar-refractivity contribution in [1.29, 1.82) is 0 Å². The van der Waals surface area contributed by atoms with Gasteiger partial charge in [0.1, 0.15) is 5.82 Å². The van der Waals surface area contributed by atoms with Crippen molar-refractivity contribution >= 4 is 27.7 Å². The Balaban J connectivity index is 2.18. The highest BCUT2D eigenvalue weighted by Crippen LogP contribution is 2.31. The van der Waals surface area contributed by atoms with Gasteiger partial charge in [-0.1, -0.05) is 19.8 Å². The van der Waals surface area contributed by atoms with Gasteiger partial charge in [-0.3, -0.25) is 0 Å². The van der Waals surface area contributed by atoms with Crippen molar-refractivity contribution in [2.45, 2.75) is 38.6 Å². The van der Waals surface area contributed by atoms with Gasteiger partial charge >= 0.3 is 0 Å². The molecule has 0 aromatic carbocycles. The molecule has 0 radical (unpaired) electrons. The lowest BCUT2D eigenvalue weighted by molar-refractivity contribution is 0.335. The van der Waals surface area contributed by atoms with Crippen LogP contribution in [0.25, 0.3) is 0 Å². The predicted octanol–water partition coefficient (Wildman–Crippen LogP) is 2.84. The second kappa shape index (κ2) is 5.21. The summed E-state index contributed by atoms with van der Waals surface area (Å²) in [7, 11) is 2.09. The smallest absolute Gasteiger partial charge is 0.222 e. The number of nitrogens with zero attached hydrogens (tertiary/aromatic N) is 3. The first-order valence-electron chi connectivity index (χ1n) is 6.08.